The lowest BCUT2D eigenvalue weighted by atomic mass is 9.70. The van der Waals surface area contributed by atoms with Gasteiger partial charge in [0.2, 0.25) is 0 Å². The number of rotatable bonds is 5. The van der Waals surface area contributed by atoms with Crippen molar-refractivity contribution < 1.29 is 0 Å². The van der Waals surface area contributed by atoms with Crippen LogP contribution in [0, 0.1) is 11.8 Å². The van der Waals surface area contributed by atoms with Crippen LogP contribution in [0.1, 0.15) is 50.7 Å². The fourth-order valence-electron chi connectivity index (χ4n) is 3.36. The van der Waals surface area contributed by atoms with E-state index in [0.717, 1.165) is 0 Å². The van der Waals surface area contributed by atoms with Crippen LogP contribution in [-0.4, -0.2) is 0 Å². The molecule has 0 aromatic heterocycles. The zero-order valence-corrected chi connectivity index (χ0v) is 13.1. The molecule has 0 saturated carbocycles. The first-order valence-electron chi connectivity index (χ1n) is 7.71. The molecular formula is C20H26. The fraction of sp³-hybridized carbons (Fsp3) is 0.400. The highest BCUT2D eigenvalue weighted by molar-refractivity contribution is 5.29. The number of hydrogen-bond acceptors (Lipinski definition) is 0. The van der Waals surface area contributed by atoms with Gasteiger partial charge in [-0.25, -0.2) is 0 Å². The van der Waals surface area contributed by atoms with Crippen LogP contribution in [0.15, 0.2) is 60.7 Å². The van der Waals surface area contributed by atoms with E-state index in [9.17, 15) is 0 Å². The second-order valence-electron chi connectivity index (χ2n) is 6.36. The van der Waals surface area contributed by atoms with Crippen LogP contribution >= 0.6 is 0 Å². The van der Waals surface area contributed by atoms with Gasteiger partial charge in [0.25, 0.3) is 0 Å². The molecule has 2 rings (SSSR count). The fourth-order valence-corrected chi connectivity index (χ4v) is 3.36. The quantitative estimate of drug-likeness (QED) is 0.635. The Labute approximate surface area is 123 Å². The lowest BCUT2D eigenvalue weighted by Crippen LogP contribution is -2.21. The third kappa shape index (κ3) is 3.30. The molecule has 0 radical (unpaired) electrons. The molecule has 0 bridgehead atoms. The van der Waals surface area contributed by atoms with Gasteiger partial charge in [-0.1, -0.05) is 88.4 Å². The van der Waals surface area contributed by atoms with Crippen molar-refractivity contribution in [3.63, 3.8) is 0 Å². The van der Waals surface area contributed by atoms with Crippen LogP contribution in [0.5, 0.6) is 0 Å². The molecule has 2 aromatic rings. The third-order valence-electron chi connectivity index (χ3n) is 4.19. The van der Waals surface area contributed by atoms with E-state index in [2.05, 4.69) is 88.4 Å². The summed E-state index contributed by atoms with van der Waals surface area (Å²) in [7, 11) is 0. The van der Waals surface area contributed by atoms with Crippen molar-refractivity contribution in [1.82, 2.24) is 0 Å². The first-order valence-corrected chi connectivity index (χ1v) is 7.71. The molecule has 0 heteroatoms. The summed E-state index contributed by atoms with van der Waals surface area (Å²) in [5.41, 5.74) is 2.93. The van der Waals surface area contributed by atoms with Crippen molar-refractivity contribution in [2.24, 2.45) is 11.8 Å². The molecule has 20 heavy (non-hydrogen) atoms. The van der Waals surface area contributed by atoms with Crippen LogP contribution < -0.4 is 0 Å². The molecule has 0 aliphatic rings. The summed E-state index contributed by atoms with van der Waals surface area (Å²) in [5, 5.41) is 0. The molecule has 0 saturated heterocycles. The van der Waals surface area contributed by atoms with Gasteiger partial charge >= 0.3 is 0 Å². The molecule has 2 aromatic carbocycles. The van der Waals surface area contributed by atoms with E-state index < -0.39 is 0 Å². The summed E-state index contributed by atoms with van der Waals surface area (Å²) >= 11 is 0. The Morgan fingerprint density at radius 3 is 1.05 bits per heavy atom. The first kappa shape index (κ1) is 14.8. The molecule has 0 spiro atoms. The highest BCUT2D eigenvalue weighted by Crippen LogP contribution is 2.42. The van der Waals surface area contributed by atoms with Crippen molar-refractivity contribution in [2.75, 3.05) is 0 Å². The maximum absolute atomic E-state index is 2.34. The van der Waals surface area contributed by atoms with E-state index in [1.54, 1.807) is 0 Å². The second kappa shape index (κ2) is 6.74. The predicted molar refractivity (Wildman–Crippen MR) is 88.0 cm³/mol. The molecule has 0 fully saturated rings. The zero-order chi connectivity index (χ0) is 14.5. The van der Waals surface area contributed by atoms with Gasteiger partial charge in [0.1, 0.15) is 0 Å². The van der Waals surface area contributed by atoms with E-state index in [1.165, 1.54) is 11.1 Å². The van der Waals surface area contributed by atoms with E-state index in [0.29, 0.717) is 23.7 Å². The number of hydrogen-bond donors (Lipinski definition) is 0. The minimum Gasteiger partial charge on any atom is -0.0622 e. The summed E-state index contributed by atoms with van der Waals surface area (Å²) in [6, 6.07) is 22.0. The monoisotopic (exact) mass is 266 g/mol. The molecule has 0 aliphatic carbocycles. The summed E-state index contributed by atoms with van der Waals surface area (Å²) in [5.74, 6) is 2.40. The van der Waals surface area contributed by atoms with Crippen LogP contribution in [0.4, 0.5) is 0 Å². The smallest absolute Gasteiger partial charge is 0.00676 e. The Hall–Kier alpha value is -1.56. The maximum atomic E-state index is 2.34. The van der Waals surface area contributed by atoms with Crippen molar-refractivity contribution in [3.05, 3.63) is 71.8 Å². The molecule has 0 N–H and O–H groups in total. The Morgan fingerprint density at radius 1 is 0.500 bits per heavy atom. The standard InChI is InChI=1S/C20H26/c1-15(2)19(17-11-7-5-8-12-17)20(16(3)4)18-13-9-6-10-14-18/h5-16,19-20H,1-4H3/t19-,20?/m1/s1. The molecule has 0 amide bonds. The van der Waals surface area contributed by atoms with Crippen LogP contribution in [0.25, 0.3) is 0 Å². The van der Waals surface area contributed by atoms with E-state index >= 15 is 0 Å². The van der Waals surface area contributed by atoms with E-state index in [4.69, 9.17) is 0 Å². The Bertz CT molecular complexity index is 447. The average Bonchev–Trinajstić information content (AvgIpc) is 2.45. The van der Waals surface area contributed by atoms with E-state index in [-0.39, 0.29) is 0 Å². The summed E-state index contributed by atoms with van der Waals surface area (Å²) in [6.45, 7) is 9.37. The maximum Gasteiger partial charge on any atom is -0.00676 e. The van der Waals surface area contributed by atoms with Gasteiger partial charge in [-0.3, -0.25) is 0 Å². The Kier molecular flexibility index (Phi) is 5.00. The first-order chi connectivity index (χ1) is 9.61. The Balaban J connectivity index is 2.44. The van der Waals surface area contributed by atoms with Gasteiger partial charge < -0.3 is 0 Å². The van der Waals surface area contributed by atoms with Crippen molar-refractivity contribution in [3.8, 4) is 0 Å². The molecule has 106 valence electrons. The van der Waals surface area contributed by atoms with Crippen LogP contribution in [0.2, 0.25) is 0 Å². The third-order valence-corrected chi connectivity index (χ3v) is 4.19. The molecule has 0 nitrogen and oxygen atoms in total. The van der Waals surface area contributed by atoms with Gasteiger partial charge in [-0.15, -0.1) is 0 Å². The van der Waals surface area contributed by atoms with Crippen LogP contribution in [-0.2, 0) is 0 Å². The highest BCUT2D eigenvalue weighted by Gasteiger charge is 2.29. The van der Waals surface area contributed by atoms with Crippen LogP contribution in [0.3, 0.4) is 0 Å². The van der Waals surface area contributed by atoms with Gasteiger partial charge in [-0.05, 0) is 34.8 Å². The molecule has 1 unspecified atom stereocenters. The SMILES string of the molecule is CC(C)C(c1ccccc1)[C@@H](c1ccccc1)C(C)C. The minimum absolute atomic E-state index is 0.568. The van der Waals surface area contributed by atoms with Crippen molar-refractivity contribution >= 4 is 0 Å². The van der Waals surface area contributed by atoms with E-state index in [1.807, 2.05) is 0 Å². The predicted octanol–water partition coefficient (Wildman–Crippen LogP) is 5.87. The van der Waals surface area contributed by atoms with Gasteiger partial charge in [0.05, 0.1) is 0 Å². The average molecular weight is 266 g/mol. The normalized spacial score (nSPS) is 14.5. The molecule has 0 aliphatic heterocycles. The molecule has 2 atom stereocenters. The van der Waals surface area contributed by atoms with Gasteiger partial charge in [0, 0.05) is 0 Å². The van der Waals surface area contributed by atoms with Crippen molar-refractivity contribution in [2.45, 2.75) is 39.5 Å². The molecule has 0 heterocycles. The summed E-state index contributed by atoms with van der Waals surface area (Å²) in [4.78, 5) is 0. The minimum atomic E-state index is 0.568. The zero-order valence-electron chi connectivity index (χ0n) is 13.1. The summed E-state index contributed by atoms with van der Waals surface area (Å²) in [6.07, 6.45) is 0. The highest BCUT2D eigenvalue weighted by atomic mass is 14.3. The lowest BCUT2D eigenvalue weighted by Gasteiger charge is -2.34. The Morgan fingerprint density at radius 2 is 0.800 bits per heavy atom. The number of benzene rings is 2. The lowest BCUT2D eigenvalue weighted by molar-refractivity contribution is 0.347. The topological polar surface area (TPSA) is 0 Å². The summed E-state index contributed by atoms with van der Waals surface area (Å²) < 4.78 is 0. The second-order valence-corrected chi connectivity index (χ2v) is 6.36. The van der Waals surface area contributed by atoms with Gasteiger partial charge in [0.15, 0.2) is 0 Å². The molecular weight excluding hydrogens is 240 g/mol. The largest absolute Gasteiger partial charge is 0.0622 e. The van der Waals surface area contributed by atoms with Gasteiger partial charge in [-0.2, -0.15) is 0 Å². The van der Waals surface area contributed by atoms with Crippen molar-refractivity contribution in [1.29, 1.82) is 0 Å².